The molecular weight excluding hydrogens is 527 g/mol. The summed E-state index contributed by atoms with van der Waals surface area (Å²) in [7, 11) is 0. The van der Waals surface area contributed by atoms with Gasteiger partial charge in [-0.05, 0) is 72.0 Å². The number of carbonyl (C=O) groups is 1. The number of ether oxygens (including phenoxy) is 1. The van der Waals surface area contributed by atoms with Gasteiger partial charge in [-0.3, -0.25) is 14.2 Å². The Morgan fingerprint density at radius 1 is 1.34 bits per heavy atom. The number of thioether (sulfide) groups is 1. The van der Waals surface area contributed by atoms with Crippen molar-refractivity contribution in [3.63, 3.8) is 0 Å². The van der Waals surface area contributed by atoms with E-state index < -0.39 is 0 Å². The fourth-order valence-electron chi connectivity index (χ4n) is 2.42. The van der Waals surface area contributed by atoms with E-state index in [4.69, 9.17) is 16.3 Å². The fraction of sp³-hybridized carbons (Fsp3) is 0.158. The van der Waals surface area contributed by atoms with Crippen molar-refractivity contribution in [3.05, 3.63) is 61.4 Å². The molecule has 3 rings (SSSR count). The second kappa shape index (κ2) is 10.1. The molecule has 1 heterocycles. The molecule has 1 aromatic heterocycles. The van der Waals surface area contributed by atoms with Crippen LogP contribution in [-0.4, -0.2) is 34.2 Å². The van der Waals surface area contributed by atoms with Crippen LogP contribution in [-0.2, 0) is 9.53 Å². The van der Waals surface area contributed by atoms with Crippen LogP contribution in [0.3, 0.4) is 0 Å². The van der Waals surface area contributed by atoms with Gasteiger partial charge in [0.25, 0.3) is 11.5 Å². The molecule has 0 unspecified atom stereocenters. The van der Waals surface area contributed by atoms with Crippen LogP contribution in [0.5, 0.6) is 0 Å². The number of aromatic nitrogens is 2. The van der Waals surface area contributed by atoms with Crippen LogP contribution in [0.4, 0.5) is 0 Å². The number of hydrogen-bond donors (Lipinski definition) is 1. The van der Waals surface area contributed by atoms with E-state index in [1.807, 2.05) is 13.0 Å². The summed E-state index contributed by atoms with van der Waals surface area (Å²) >= 11 is 9.28. The van der Waals surface area contributed by atoms with Crippen molar-refractivity contribution >= 4 is 69.2 Å². The predicted molar refractivity (Wildman–Crippen MR) is 124 cm³/mol. The predicted octanol–water partition coefficient (Wildman–Crippen LogP) is 3.83. The largest absolute Gasteiger partial charge is 0.482 e. The zero-order valence-electron chi connectivity index (χ0n) is 15.3. The summed E-state index contributed by atoms with van der Waals surface area (Å²) in [6, 6.07) is 12.3. The standard InChI is InChI=1S/C19H16ClIN4O3S/c1-2-28-11-22-24-17(26)10-29-19-23-16-8-5-13(21)9-15(16)18(27)25(19)14-6-3-12(20)4-7-14/h3-9,11H,2,10H2,1H3,(H,24,26)/b22-11+. The number of hydrogen-bond acceptors (Lipinski definition) is 6. The molecule has 0 fully saturated rings. The second-order valence-corrected chi connectivity index (χ2v) is 8.31. The molecule has 0 aliphatic carbocycles. The minimum atomic E-state index is -0.342. The van der Waals surface area contributed by atoms with Crippen molar-refractivity contribution in [2.24, 2.45) is 5.10 Å². The number of amides is 1. The first-order valence-electron chi connectivity index (χ1n) is 8.52. The van der Waals surface area contributed by atoms with Gasteiger partial charge >= 0.3 is 0 Å². The molecule has 150 valence electrons. The molecule has 3 aromatic rings. The normalized spacial score (nSPS) is 11.1. The Labute approximate surface area is 189 Å². The first-order valence-corrected chi connectivity index (χ1v) is 11.0. The maximum atomic E-state index is 13.2. The molecule has 0 bridgehead atoms. The van der Waals surface area contributed by atoms with E-state index in [0.29, 0.717) is 33.4 Å². The summed E-state index contributed by atoms with van der Waals surface area (Å²) in [5.74, 6) is -0.315. The maximum Gasteiger partial charge on any atom is 0.266 e. The van der Waals surface area contributed by atoms with E-state index >= 15 is 0 Å². The van der Waals surface area contributed by atoms with E-state index in [1.54, 1.807) is 36.4 Å². The summed E-state index contributed by atoms with van der Waals surface area (Å²) in [5, 5.41) is 5.14. The Morgan fingerprint density at radius 2 is 2.10 bits per heavy atom. The molecule has 1 amide bonds. The first-order chi connectivity index (χ1) is 14.0. The van der Waals surface area contributed by atoms with E-state index in [0.717, 1.165) is 15.3 Å². The highest BCUT2D eigenvalue weighted by atomic mass is 127. The van der Waals surface area contributed by atoms with Gasteiger partial charge in [-0.15, -0.1) is 5.10 Å². The van der Waals surface area contributed by atoms with Crippen LogP contribution in [0.1, 0.15) is 6.92 Å². The Morgan fingerprint density at radius 3 is 2.83 bits per heavy atom. The van der Waals surface area contributed by atoms with E-state index in [-0.39, 0.29) is 17.2 Å². The summed E-state index contributed by atoms with van der Waals surface area (Å²) in [4.78, 5) is 29.8. The highest BCUT2D eigenvalue weighted by Gasteiger charge is 2.15. The highest BCUT2D eigenvalue weighted by molar-refractivity contribution is 14.1. The van der Waals surface area contributed by atoms with Crippen LogP contribution < -0.4 is 11.0 Å². The Hall–Kier alpha value is -2.11. The minimum Gasteiger partial charge on any atom is -0.482 e. The van der Waals surface area contributed by atoms with E-state index in [1.165, 1.54) is 11.0 Å². The molecule has 0 aliphatic heterocycles. The number of carbonyl (C=O) groups excluding carboxylic acids is 1. The lowest BCUT2D eigenvalue weighted by atomic mass is 10.2. The maximum absolute atomic E-state index is 13.2. The van der Waals surface area contributed by atoms with Gasteiger partial charge < -0.3 is 4.74 Å². The fourth-order valence-corrected chi connectivity index (χ4v) is 3.85. The summed E-state index contributed by atoms with van der Waals surface area (Å²) in [5.41, 5.74) is 3.33. The van der Waals surface area contributed by atoms with Crippen molar-refractivity contribution in [1.29, 1.82) is 0 Å². The van der Waals surface area contributed by atoms with E-state index in [2.05, 4.69) is 38.1 Å². The first kappa shape index (κ1) is 21.6. The van der Waals surface area contributed by atoms with Crippen molar-refractivity contribution in [3.8, 4) is 5.69 Å². The lowest BCUT2D eigenvalue weighted by molar-refractivity contribution is -0.118. The monoisotopic (exact) mass is 542 g/mol. The molecule has 0 radical (unpaired) electrons. The Kier molecular flexibility index (Phi) is 7.51. The van der Waals surface area contributed by atoms with Gasteiger partial charge in [0.2, 0.25) is 0 Å². The molecule has 0 saturated heterocycles. The highest BCUT2D eigenvalue weighted by Crippen LogP contribution is 2.23. The SMILES string of the molecule is CCO/C=N/NC(=O)CSc1nc2ccc(I)cc2c(=O)n1-c1ccc(Cl)cc1. The zero-order valence-corrected chi connectivity index (χ0v) is 19.0. The molecule has 10 heteroatoms. The molecule has 0 atom stereocenters. The number of halogens is 2. The van der Waals surface area contributed by atoms with Gasteiger partial charge in [-0.25, -0.2) is 10.4 Å². The van der Waals surface area contributed by atoms with Crippen LogP contribution in [0.15, 0.2) is 57.5 Å². The van der Waals surface area contributed by atoms with E-state index in [9.17, 15) is 9.59 Å². The number of hydrazone groups is 1. The number of fused-ring (bicyclic) bond motifs is 1. The molecule has 2 aromatic carbocycles. The smallest absolute Gasteiger partial charge is 0.266 e. The molecule has 0 spiro atoms. The lowest BCUT2D eigenvalue weighted by Crippen LogP contribution is -2.24. The van der Waals surface area contributed by atoms with Gasteiger partial charge in [0, 0.05) is 8.59 Å². The molecular formula is C19H16ClIN4O3S. The van der Waals surface area contributed by atoms with Gasteiger partial charge in [-0.2, -0.15) is 0 Å². The zero-order chi connectivity index (χ0) is 20.8. The Bertz CT molecular complexity index is 1120. The average molecular weight is 543 g/mol. The van der Waals surface area contributed by atoms with Crippen molar-refractivity contribution in [2.75, 3.05) is 12.4 Å². The van der Waals surface area contributed by atoms with Gasteiger partial charge in [0.15, 0.2) is 11.6 Å². The second-order valence-electron chi connectivity index (χ2n) is 5.69. The van der Waals surface area contributed by atoms with Crippen LogP contribution in [0.25, 0.3) is 16.6 Å². The minimum absolute atomic E-state index is 0.0272. The summed E-state index contributed by atoms with van der Waals surface area (Å²) < 4.78 is 7.34. The molecule has 7 nitrogen and oxygen atoms in total. The Balaban J connectivity index is 1.97. The van der Waals surface area contributed by atoms with Crippen molar-refractivity contribution in [2.45, 2.75) is 12.1 Å². The summed E-state index contributed by atoms with van der Waals surface area (Å²) in [6.45, 7) is 2.27. The van der Waals surface area contributed by atoms with Crippen molar-refractivity contribution in [1.82, 2.24) is 15.0 Å². The van der Waals surface area contributed by atoms with Crippen molar-refractivity contribution < 1.29 is 9.53 Å². The molecule has 0 aliphatic rings. The van der Waals surface area contributed by atoms with Crippen LogP contribution in [0.2, 0.25) is 5.02 Å². The third-order valence-corrected chi connectivity index (χ3v) is 5.56. The number of nitrogens with zero attached hydrogens (tertiary/aromatic N) is 3. The number of nitrogens with one attached hydrogen (secondary N) is 1. The van der Waals surface area contributed by atoms with Crippen LogP contribution in [0, 0.1) is 3.57 Å². The quantitative estimate of drug-likeness (QED) is 0.122. The topological polar surface area (TPSA) is 85.6 Å². The lowest BCUT2D eigenvalue weighted by Gasteiger charge is -2.13. The molecule has 0 saturated carbocycles. The van der Waals surface area contributed by atoms with Gasteiger partial charge in [0.1, 0.15) is 0 Å². The van der Waals surface area contributed by atoms with Gasteiger partial charge in [-0.1, -0.05) is 23.4 Å². The third kappa shape index (κ3) is 5.49. The third-order valence-electron chi connectivity index (χ3n) is 3.70. The molecule has 1 N–H and O–H groups in total. The summed E-state index contributed by atoms with van der Waals surface area (Å²) in [6.07, 6.45) is 1.17. The van der Waals surface area contributed by atoms with Gasteiger partial charge in [0.05, 0.1) is 29.0 Å². The molecule has 29 heavy (non-hydrogen) atoms. The number of rotatable bonds is 7. The van der Waals surface area contributed by atoms with Crippen LogP contribution >= 0.6 is 46.0 Å². The number of benzene rings is 2. The average Bonchev–Trinajstić information content (AvgIpc) is 2.71.